The first-order chi connectivity index (χ1) is 11.7. The Labute approximate surface area is 154 Å². The quantitative estimate of drug-likeness (QED) is 0.487. The standard InChI is InChI=1S/C24H36O/c1-6-24(5,25)21-10-9-19-18-8-7-17-15-16(2)11-13-22(17,3)20(18)12-14-23(19,21)4/h1,7,16,18-21,25H,8-15H2,2-5H3/t16-,18-,19-,20-,21-,22-,23-,24-/m0/s1. The molecule has 1 nitrogen and oxygen atoms in total. The van der Waals surface area contributed by atoms with Crippen LogP contribution in [-0.2, 0) is 0 Å². The van der Waals surface area contributed by atoms with Gasteiger partial charge in [0.25, 0.3) is 0 Å². The van der Waals surface area contributed by atoms with Gasteiger partial charge in [-0.25, -0.2) is 0 Å². The van der Waals surface area contributed by atoms with Gasteiger partial charge in [0.1, 0.15) is 5.60 Å². The first kappa shape index (κ1) is 17.7. The fourth-order valence-electron chi connectivity index (χ4n) is 7.87. The Hall–Kier alpha value is -0.740. The molecule has 138 valence electrons. The molecule has 0 aromatic carbocycles. The molecular weight excluding hydrogens is 304 g/mol. The fraction of sp³-hybridized carbons (Fsp3) is 0.833. The summed E-state index contributed by atoms with van der Waals surface area (Å²) in [5.41, 5.74) is 1.50. The maximum absolute atomic E-state index is 10.8. The lowest BCUT2D eigenvalue weighted by Crippen LogP contribution is -2.52. The summed E-state index contributed by atoms with van der Waals surface area (Å²) in [6, 6.07) is 0. The van der Waals surface area contributed by atoms with E-state index in [-0.39, 0.29) is 11.3 Å². The number of allylic oxidation sites excluding steroid dienone is 2. The van der Waals surface area contributed by atoms with Crippen molar-refractivity contribution in [3.05, 3.63) is 11.6 Å². The van der Waals surface area contributed by atoms with E-state index in [2.05, 4.69) is 32.8 Å². The van der Waals surface area contributed by atoms with Gasteiger partial charge in [0, 0.05) is 5.92 Å². The van der Waals surface area contributed by atoms with Crippen LogP contribution >= 0.6 is 0 Å². The van der Waals surface area contributed by atoms with Crippen LogP contribution in [0.1, 0.15) is 79.1 Å². The molecule has 3 fully saturated rings. The van der Waals surface area contributed by atoms with E-state index >= 15 is 0 Å². The molecule has 0 unspecified atom stereocenters. The van der Waals surface area contributed by atoms with E-state index in [1.807, 2.05) is 6.92 Å². The van der Waals surface area contributed by atoms with Crippen LogP contribution in [0.5, 0.6) is 0 Å². The Balaban J connectivity index is 1.66. The van der Waals surface area contributed by atoms with Gasteiger partial charge in [0.05, 0.1) is 0 Å². The van der Waals surface area contributed by atoms with Crippen molar-refractivity contribution >= 4 is 0 Å². The molecule has 0 aromatic rings. The monoisotopic (exact) mass is 340 g/mol. The first-order valence-corrected chi connectivity index (χ1v) is 10.6. The third-order valence-electron chi connectivity index (χ3n) is 9.32. The highest BCUT2D eigenvalue weighted by molar-refractivity contribution is 5.26. The summed E-state index contributed by atoms with van der Waals surface area (Å²) in [4.78, 5) is 0. The average Bonchev–Trinajstić information content (AvgIpc) is 2.93. The van der Waals surface area contributed by atoms with Crippen LogP contribution in [0.2, 0.25) is 0 Å². The lowest BCUT2D eigenvalue weighted by atomic mass is 9.46. The largest absolute Gasteiger partial charge is 0.378 e. The highest BCUT2D eigenvalue weighted by atomic mass is 16.3. The summed E-state index contributed by atoms with van der Waals surface area (Å²) in [7, 11) is 0. The van der Waals surface area contributed by atoms with Gasteiger partial charge in [-0.2, -0.15) is 0 Å². The molecule has 0 aromatic heterocycles. The molecule has 3 saturated carbocycles. The smallest absolute Gasteiger partial charge is 0.125 e. The summed E-state index contributed by atoms with van der Waals surface area (Å²) in [6.07, 6.45) is 18.7. The highest BCUT2D eigenvalue weighted by Gasteiger charge is 2.61. The van der Waals surface area contributed by atoms with Crippen molar-refractivity contribution in [1.82, 2.24) is 0 Å². The second-order valence-electron chi connectivity index (χ2n) is 10.6. The minimum Gasteiger partial charge on any atom is -0.378 e. The van der Waals surface area contributed by atoms with Crippen LogP contribution in [0.4, 0.5) is 0 Å². The Morgan fingerprint density at radius 3 is 2.64 bits per heavy atom. The van der Waals surface area contributed by atoms with Gasteiger partial charge in [-0.05, 0) is 92.8 Å². The minimum absolute atomic E-state index is 0.223. The fourth-order valence-corrected chi connectivity index (χ4v) is 7.87. The molecule has 4 aliphatic rings. The van der Waals surface area contributed by atoms with Crippen LogP contribution in [0, 0.1) is 52.8 Å². The van der Waals surface area contributed by atoms with Crippen LogP contribution in [0.3, 0.4) is 0 Å². The first-order valence-electron chi connectivity index (χ1n) is 10.6. The molecule has 0 heterocycles. The zero-order valence-electron chi connectivity index (χ0n) is 16.6. The van der Waals surface area contributed by atoms with Gasteiger partial charge in [0.15, 0.2) is 0 Å². The van der Waals surface area contributed by atoms with E-state index in [4.69, 9.17) is 6.42 Å². The van der Waals surface area contributed by atoms with Gasteiger partial charge in [-0.3, -0.25) is 0 Å². The highest BCUT2D eigenvalue weighted by Crippen LogP contribution is 2.67. The Kier molecular flexibility index (Phi) is 3.98. The lowest BCUT2D eigenvalue weighted by molar-refractivity contribution is -0.0801. The van der Waals surface area contributed by atoms with Crippen molar-refractivity contribution < 1.29 is 5.11 Å². The van der Waals surface area contributed by atoms with Crippen molar-refractivity contribution in [2.75, 3.05) is 0 Å². The Morgan fingerprint density at radius 1 is 1.16 bits per heavy atom. The molecule has 0 amide bonds. The second-order valence-corrected chi connectivity index (χ2v) is 10.6. The summed E-state index contributed by atoms with van der Waals surface area (Å²) >= 11 is 0. The predicted molar refractivity (Wildman–Crippen MR) is 104 cm³/mol. The van der Waals surface area contributed by atoms with Crippen molar-refractivity contribution in [2.45, 2.75) is 84.7 Å². The molecular formula is C24H36O. The van der Waals surface area contributed by atoms with Gasteiger partial charge in [-0.1, -0.05) is 38.3 Å². The molecule has 8 atom stereocenters. The topological polar surface area (TPSA) is 20.2 Å². The van der Waals surface area contributed by atoms with E-state index in [1.165, 1.54) is 44.9 Å². The zero-order valence-corrected chi connectivity index (χ0v) is 16.6. The Morgan fingerprint density at radius 2 is 1.92 bits per heavy atom. The SMILES string of the molecule is C#C[C@](C)(O)[C@H]1CC[C@H]2[C@@H]3CC=C4C[C@@H](C)CC[C@]4(C)[C@H]3CC[C@@]21C. The van der Waals surface area contributed by atoms with E-state index in [0.717, 1.165) is 30.1 Å². The van der Waals surface area contributed by atoms with Crippen LogP contribution in [0.25, 0.3) is 0 Å². The Bertz CT molecular complexity index is 622. The normalized spacial score (nSPS) is 51.4. The summed E-state index contributed by atoms with van der Waals surface area (Å²) in [5, 5.41) is 10.8. The average molecular weight is 341 g/mol. The minimum atomic E-state index is -0.948. The van der Waals surface area contributed by atoms with E-state index in [0.29, 0.717) is 5.41 Å². The van der Waals surface area contributed by atoms with Crippen LogP contribution in [-0.4, -0.2) is 10.7 Å². The zero-order chi connectivity index (χ0) is 18.0. The molecule has 4 aliphatic carbocycles. The van der Waals surface area contributed by atoms with Crippen LogP contribution < -0.4 is 0 Å². The molecule has 0 bridgehead atoms. The number of fused-ring (bicyclic) bond motifs is 5. The molecule has 0 aliphatic heterocycles. The van der Waals surface area contributed by atoms with Crippen molar-refractivity contribution in [3.63, 3.8) is 0 Å². The number of terminal acetylenes is 1. The van der Waals surface area contributed by atoms with Crippen molar-refractivity contribution in [3.8, 4) is 12.3 Å². The molecule has 1 N–H and O–H groups in total. The number of hydrogen-bond acceptors (Lipinski definition) is 1. The maximum Gasteiger partial charge on any atom is 0.125 e. The van der Waals surface area contributed by atoms with Crippen LogP contribution in [0.15, 0.2) is 11.6 Å². The third kappa shape index (κ3) is 2.39. The molecule has 0 radical (unpaired) electrons. The maximum atomic E-state index is 10.8. The van der Waals surface area contributed by atoms with Gasteiger partial charge in [0.2, 0.25) is 0 Å². The third-order valence-corrected chi connectivity index (χ3v) is 9.32. The van der Waals surface area contributed by atoms with E-state index in [1.54, 1.807) is 5.57 Å². The number of rotatable bonds is 1. The number of aliphatic hydroxyl groups is 1. The molecule has 0 spiro atoms. The summed E-state index contributed by atoms with van der Waals surface area (Å²) in [6.45, 7) is 9.32. The summed E-state index contributed by atoms with van der Waals surface area (Å²) in [5.74, 6) is 6.25. The summed E-state index contributed by atoms with van der Waals surface area (Å²) < 4.78 is 0. The van der Waals surface area contributed by atoms with Crippen molar-refractivity contribution in [1.29, 1.82) is 0 Å². The van der Waals surface area contributed by atoms with Gasteiger partial charge >= 0.3 is 0 Å². The molecule has 0 saturated heterocycles. The van der Waals surface area contributed by atoms with E-state index < -0.39 is 5.60 Å². The lowest BCUT2D eigenvalue weighted by Gasteiger charge is -2.58. The molecule has 4 rings (SSSR count). The van der Waals surface area contributed by atoms with E-state index in [9.17, 15) is 5.11 Å². The van der Waals surface area contributed by atoms with Gasteiger partial charge < -0.3 is 5.11 Å². The molecule has 25 heavy (non-hydrogen) atoms. The second kappa shape index (κ2) is 5.63. The van der Waals surface area contributed by atoms with Gasteiger partial charge in [-0.15, -0.1) is 6.42 Å². The van der Waals surface area contributed by atoms with Crippen molar-refractivity contribution in [2.24, 2.45) is 40.4 Å². The number of hydrogen-bond donors (Lipinski definition) is 1. The predicted octanol–water partition coefficient (Wildman–Crippen LogP) is 5.59. The molecule has 1 heteroatoms.